The first-order chi connectivity index (χ1) is 10.6. The minimum absolute atomic E-state index is 0.110. The molecule has 1 unspecified atom stereocenters. The number of aliphatic imine (C=N–C) groups is 1. The third-order valence-corrected chi connectivity index (χ3v) is 5.52. The summed E-state index contributed by atoms with van der Waals surface area (Å²) in [5.41, 5.74) is 0. The monoisotopic (exact) mass is 329 g/mol. The van der Waals surface area contributed by atoms with Crippen LogP contribution in [0.5, 0.6) is 0 Å². The fourth-order valence-electron chi connectivity index (χ4n) is 2.52. The van der Waals surface area contributed by atoms with Gasteiger partial charge < -0.3 is 15.4 Å². The Morgan fingerprint density at radius 3 is 2.68 bits per heavy atom. The van der Waals surface area contributed by atoms with Gasteiger partial charge in [0.05, 0.1) is 7.11 Å². The summed E-state index contributed by atoms with van der Waals surface area (Å²) >= 11 is 2.06. The molecule has 1 saturated heterocycles. The first-order valence-electron chi connectivity index (χ1n) is 8.25. The van der Waals surface area contributed by atoms with Gasteiger partial charge in [-0.3, -0.25) is 9.79 Å². The average molecular weight is 330 g/mol. The van der Waals surface area contributed by atoms with Gasteiger partial charge in [0.15, 0.2) is 5.96 Å². The van der Waals surface area contributed by atoms with Crippen LogP contribution in [0.25, 0.3) is 0 Å². The maximum absolute atomic E-state index is 11.0. The van der Waals surface area contributed by atoms with E-state index in [9.17, 15) is 4.79 Å². The van der Waals surface area contributed by atoms with Crippen molar-refractivity contribution in [2.45, 2.75) is 56.6 Å². The number of carbonyl (C=O) groups is 1. The second-order valence-corrected chi connectivity index (χ2v) is 7.68. The van der Waals surface area contributed by atoms with Crippen molar-refractivity contribution in [3.63, 3.8) is 0 Å². The fraction of sp³-hybridized carbons (Fsp3) is 0.875. The number of methoxy groups -OCH3 is 1. The summed E-state index contributed by atoms with van der Waals surface area (Å²) in [4.78, 5) is 15.2. The number of unbranched alkanes of at least 4 members (excludes halogenated alkanes) is 3. The van der Waals surface area contributed by atoms with Crippen molar-refractivity contribution >= 4 is 23.7 Å². The molecule has 1 aliphatic rings. The number of rotatable bonds is 9. The molecule has 0 radical (unpaired) electrons. The van der Waals surface area contributed by atoms with E-state index in [1.807, 2.05) is 7.05 Å². The normalized spacial score (nSPS) is 21.7. The maximum atomic E-state index is 11.0. The Morgan fingerprint density at radius 2 is 2.05 bits per heavy atom. The second-order valence-electron chi connectivity index (χ2n) is 5.99. The zero-order valence-electron chi connectivity index (χ0n) is 14.2. The molecule has 0 amide bonds. The van der Waals surface area contributed by atoms with Crippen LogP contribution in [0, 0.1) is 0 Å². The molecule has 5 nitrogen and oxygen atoms in total. The number of ether oxygens (including phenoxy) is 1. The van der Waals surface area contributed by atoms with Crippen molar-refractivity contribution in [1.29, 1.82) is 0 Å². The molecule has 0 aromatic rings. The Balaban J connectivity index is 2.03. The molecule has 0 aromatic carbocycles. The predicted molar refractivity (Wildman–Crippen MR) is 94.6 cm³/mol. The molecule has 1 aliphatic heterocycles. The van der Waals surface area contributed by atoms with Crippen LogP contribution >= 0.6 is 11.8 Å². The van der Waals surface area contributed by atoms with Crippen LogP contribution in [0.2, 0.25) is 0 Å². The van der Waals surface area contributed by atoms with Crippen LogP contribution in [0.15, 0.2) is 4.99 Å². The van der Waals surface area contributed by atoms with E-state index in [-0.39, 0.29) is 5.97 Å². The van der Waals surface area contributed by atoms with Gasteiger partial charge in [-0.2, -0.15) is 11.8 Å². The molecule has 1 rings (SSSR count). The van der Waals surface area contributed by atoms with Crippen LogP contribution in [-0.4, -0.2) is 49.7 Å². The van der Waals surface area contributed by atoms with Gasteiger partial charge in [-0.25, -0.2) is 0 Å². The van der Waals surface area contributed by atoms with Gasteiger partial charge in [0.25, 0.3) is 0 Å². The highest BCUT2D eigenvalue weighted by Crippen LogP contribution is 2.36. The van der Waals surface area contributed by atoms with E-state index in [0.717, 1.165) is 44.7 Å². The molecule has 1 fully saturated rings. The Kier molecular flexibility index (Phi) is 9.36. The largest absolute Gasteiger partial charge is 0.469 e. The molecule has 0 aliphatic carbocycles. The van der Waals surface area contributed by atoms with E-state index in [4.69, 9.17) is 0 Å². The summed E-state index contributed by atoms with van der Waals surface area (Å²) < 4.78 is 4.98. The Labute approximate surface area is 139 Å². The summed E-state index contributed by atoms with van der Waals surface area (Å²) in [5.74, 6) is 2.06. The highest BCUT2D eigenvalue weighted by molar-refractivity contribution is 8.00. The minimum atomic E-state index is -0.110. The van der Waals surface area contributed by atoms with Crippen molar-refractivity contribution in [2.75, 3.05) is 33.0 Å². The number of nitrogens with one attached hydrogen (secondary N) is 2. The molecule has 1 heterocycles. The molecular weight excluding hydrogens is 298 g/mol. The number of hydrogen-bond donors (Lipinski definition) is 2. The second kappa shape index (κ2) is 10.8. The third-order valence-electron chi connectivity index (χ3n) is 3.98. The summed E-state index contributed by atoms with van der Waals surface area (Å²) in [7, 11) is 3.26. The van der Waals surface area contributed by atoms with E-state index >= 15 is 0 Å². The molecule has 6 heteroatoms. The molecule has 128 valence electrons. The number of nitrogens with zero attached hydrogens (tertiary/aromatic N) is 1. The fourth-order valence-corrected chi connectivity index (χ4v) is 3.77. The summed E-state index contributed by atoms with van der Waals surface area (Å²) in [6.07, 6.45) is 7.32. The minimum Gasteiger partial charge on any atom is -0.469 e. The lowest BCUT2D eigenvalue weighted by Crippen LogP contribution is -2.43. The molecule has 0 spiro atoms. The predicted octanol–water partition coefficient (Wildman–Crippen LogP) is 2.56. The van der Waals surface area contributed by atoms with Crippen molar-refractivity contribution in [2.24, 2.45) is 4.99 Å². The lowest BCUT2D eigenvalue weighted by atomic mass is 10.1. The van der Waals surface area contributed by atoms with Gasteiger partial charge in [0.2, 0.25) is 0 Å². The highest BCUT2D eigenvalue weighted by Gasteiger charge is 2.29. The first kappa shape index (κ1) is 19.1. The molecular formula is C16H31N3O2S. The van der Waals surface area contributed by atoms with Crippen molar-refractivity contribution in [1.82, 2.24) is 10.6 Å². The molecule has 0 saturated carbocycles. The first-order valence-corrected chi connectivity index (χ1v) is 9.23. The van der Waals surface area contributed by atoms with Crippen molar-refractivity contribution in [3.8, 4) is 0 Å². The number of thioether (sulfide) groups is 1. The smallest absolute Gasteiger partial charge is 0.305 e. The van der Waals surface area contributed by atoms with E-state index in [1.165, 1.54) is 25.7 Å². The van der Waals surface area contributed by atoms with Gasteiger partial charge in [-0.05, 0) is 38.4 Å². The summed E-state index contributed by atoms with van der Waals surface area (Å²) in [6.45, 7) is 4.21. The molecule has 0 bridgehead atoms. The summed E-state index contributed by atoms with van der Waals surface area (Å²) in [5, 5.41) is 6.79. The molecule has 1 atom stereocenters. The molecule has 22 heavy (non-hydrogen) atoms. The van der Waals surface area contributed by atoms with Crippen molar-refractivity contribution < 1.29 is 9.53 Å². The van der Waals surface area contributed by atoms with E-state index < -0.39 is 0 Å². The number of hydrogen-bond acceptors (Lipinski definition) is 4. The van der Waals surface area contributed by atoms with E-state index in [0.29, 0.717) is 11.2 Å². The zero-order chi connectivity index (χ0) is 16.3. The van der Waals surface area contributed by atoms with Crippen LogP contribution in [0.4, 0.5) is 0 Å². The average Bonchev–Trinajstić information content (AvgIpc) is 2.96. The van der Waals surface area contributed by atoms with Crippen molar-refractivity contribution in [3.05, 3.63) is 0 Å². The molecule has 2 N–H and O–H groups in total. The third kappa shape index (κ3) is 7.92. The lowest BCUT2D eigenvalue weighted by Gasteiger charge is -2.24. The SMILES string of the molecule is CN=C(NCCCCCCC(=O)OC)NCC1(C)CCCS1. The van der Waals surface area contributed by atoms with Gasteiger partial charge in [0.1, 0.15) is 0 Å². The lowest BCUT2D eigenvalue weighted by molar-refractivity contribution is -0.140. The maximum Gasteiger partial charge on any atom is 0.305 e. The zero-order valence-corrected chi connectivity index (χ0v) is 15.1. The van der Waals surface area contributed by atoms with Gasteiger partial charge >= 0.3 is 5.97 Å². The molecule has 0 aromatic heterocycles. The Morgan fingerprint density at radius 1 is 1.27 bits per heavy atom. The number of carbonyl (C=O) groups excluding carboxylic acids is 1. The van der Waals surface area contributed by atoms with Gasteiger partial charge in [-0.15, -0.1) is 0 Å². The standard InChI is InChI=1S/C16H31N3O2S/c1-16(10-8-12-22-16)13-19-15(17-2)18-11-7-5-4-6-9-14(20)21-3/h4-13H2,1-3H3,(H2,17,18,19). The van der Waals surface area contributed by atoms with Crippen LogP contribution in [-0.2, 0) is 9.53 Å². The summed E-state index contributed by atoms with van der Waals surface area (Å²) in [6, 6.07) is 0. The van der Waals surface area contributed by atoms with E-state index in [2.05, 4.69) is 39.0 Å². The quantitative estimate of drug-likeness (QED) is 0.295. The van der Waals surface area contributed by atoms with Crippen LogP contribution in [0.1, 0.15) is 51.9 Å². The van der Waals surface area contributed by atoms with Gasteiger partial charge in [0, 0.05) is 31.3 Å². The topological polar surface area (TPSA) is 62.7 Å². The van der Waals surface area contributed by atoms with Crippen LogP contribution < -0.4 is 10.6 Å². The number of esters is 1. The highest BCUT2D eigenvalue weighted by atomic mass is 32.2. The van der Waals surface area contributed by atoms with Gasteiger partial charge in [-0.1, -0.05) is 12.8 Å². The van der Waals surface area contributed by atoms with E-state index in [1.54, 1.807) is 0 Å². The van der Waals surface area contributed by atoms with Crippen LogP contribution in [0.3, 0.4) is 0 Å². The Hall–Kier alpha value is -0.910. The number of guanidine groups is 1. The Bertz CT molecular complexity index is 355.